The Bertz CT molecular complexity index is 495. The summed E-state index contributed by atoms with van der Waals surface area (Å²) in [7, 11) is 0. The number of hydrogen-bond donors (Lipinski definition) is 0. The summed E-state index contributed by atoms with van der Waals surface area (Å²) < 4.78 is 1.24. The molecule has 68 valence electrons. The Kier molecular flexibility index (Phi) is 1.48. The van der Waals surface area contributed by atoms with Crippen LogP contribution in [0, 0.1) is 12.3 Å². The Hall–Kier alpha value is -1.33. The summed E-state index contributed by atoms with van der Waals surface area (Å²) >= 11 is 1.74. The molecule has 2 aromatic rings. The molecule has 1 aliphatic rings. The van der Waals surface area contributed by atoms with Crippen molar-refractivity contribution in [2.45, 2.75) is 18.3 Å². The molecule has 1 aromatic heterocycles. The summed E-state index contributed by atoms with van der Waals surface area (Å²) in [6, 6.07) is 8.20. The largest absolute Gasteiger partial charge is 0.240 e. The highest BCUT2D eigenvalue weighted by Gasteiger charge is 2.45. The molecule has 0 radical (unpaired) electrons. The van der Waals surface area contributed by atoms with E-state index in [2.05, 4.69) is 17.0 Å². The summed E-state index contributed by atoms with van der Waals surface area (Å²) in [5.74, 6) is 2.88. The van der Waals surface area contributed by atoms with Gasteiger partial charge in [-0.05, 0) is 25.0 Å². The Morgan fingerprint density at radius 3 is 2.79 bits per heavy atom. The molecular weight excluding hydrogens is 190 g/mol. The number of benzene rings is 1. The SMILES string of the molecule is C#CC1(c2nc3ccccc3s2)CC1. The van der Waals surface area contributed by atoms with Crippen molar-refractivity contribution < 1.29 is 0 Å². The maximum atomic E-state index is 5.54. The second kappa shape index (κ2) is 2.59. The zero-order valence-corrected chi connectivity index (χ0v) is 8.47. The zero-order valence-electron chi connectivity index (χ0n) is 7.66. The molecular formula is C12H9NS. The topological polar surface area (TPSA) is 12.9 Å². The average Bonchev–Trinajstić information content (AvgIpc) is 2.91. The van der Waals surface area contributed by atoms with E-state index < -0.39 is 0 Å². The molecule has 0 unspecified atom stereocenters. The Morgan fingerprint density at radius 1 is 1.36 bits per heavy atom. The van der Waals surface area contributed by atoms with Gasteiger partial charge in [0.2, 0.25) is 0 Å². The minimum atomic E-state index is -0.0102. The number of thiazole rings is 1. The molecule has 0 spiro atoms. The summed E-state index contributed by atoms with van der Waals surface area (Å²) in [6.07, 6.45) is 7.74. The van der Waals surface area contributed by atoms with Gasteiger partial charge in [-0.15, -0.1) is 17.8 Å². The van der Waals surface area contributed by atoms with Crippen molar-refractivity contribution >= 4 is 21.6 Å². The molecule has 0 aliphatic heterocycles. The maximum Gasteiger partial charge on any atom is 0.112 e. The van der Waals surface area contributed by atoms with Gasteiger partial charge in [-0.25, -0.2) is 4.98 Å². The van der Waals surface area contributed by atoms with E-state index in [1.807, 2.05) is 18.2 Å². The molecule has 2 heteroatoms. The molecule has 1 saturated carbocycles. The van der Waals surface area contributed by atoms with Gasteiger partial charge in [0.15, 0.2) is 0 Å². The molecule has 3 rings (SSSR count). The third-order valence-corrected chi connectivity index (χ3v) is 3.97. The van der Waals surface area contributed by atoms with Gasteiger partial charge in [-0.2, -0.15) is 0 Å². The molecule has 1 heterocycles. The summed E-state index contributed by atoms with van der Waals surface area (Å²) in [5.41, 5.74) is 1.07. The third kappa shape index (κ3) is 0.995. The van der Waals surface area contributed by atoms with E-state index in [1.165, 1.54) is 4.70 Å². The van der Waals surface area contributed by atoms with Crippen LogP contribution < -0.4 is 0 Å². The standard InChI is InChI=1S/C12H9NS/c1-2-12(7-8-12)11-13-9-5-3-4-6-10(9)14-11/h1,3-6H,7-8H2. The van der Waals surface area contributed by atoms with Crippen molar-refractivity contribution in [2.24, 2.45) is 0 Å². The van der Waals surface area contributed by atoms with Crippen LogP contribution in [0.1, 0.15) is 17.8 Å². The van der Waals surface area contributed by atoms with Crippen molar-refractivity contribution in [1.29, 1.82) is 0 Å². The van der Waals surface area contributed by atoms with Crippen molar-refractivity contribution in [3.63, 3.8) is 0 Å². The summed E-state index contributed by atoms with van der Waals surface area (Å²) in [6.45, 7) is 0. The van der Waals surface area contributed by atoms with Crippen LogP contribution >= 0.6 is 11.3 Å². The van der Waals surface area contributed by atoms with E-state index in [9.17, 15) is 0 Å². The number of aromatic nitrogens is 1. The van der Waals surface area contributed by atoms with Crippen LogP contribution in [0.3, 0.4) is 0 Å². The van der Waals surface area contributed by atoms with Crippen LogP contribution in [0.25, 0.3) is 10.2 Å². The number of hydrogen-bond acceptors (Lipinski definition) is 2. The fourth-order valence-electron chi connectivity index (χ4n) is 1.62. The maximum absolute atomic E-state index is 5.54. The van der Waals surface area contributed by atoms with Gasteiger partial charge in [-0.3, -0.25) is 0 Å². The Labute approximate surface area is 86.8 Å². The first-order chi connectivity index (χ1) is 6.84. The number of rotatable bonds is 1. The van der Waals surface area contributed by atoms with Gasteiger partial charge in [0.1, 0.15) is 5.01 Å². The zero-order chi connectivity index (χ0) is 9.60. The molecule has 14 heavy (non-hydrogen) atoms. The first-order valence-electron chi connectivity index (χ1n) is 4.68. The predicted molar refractivity (Wildman–Crippen MR) is 59.4 cm³/mol. The average molecular weight is 199 g/mol. The van der Waals surface area contributed by atoms with Crippen LogP contribution in [0.4, 0.5) is 0 Å². The molecule has 0 bridgehead atoms. The minimum absolute atomic E-state index is 0.0102. The fourth-order valence-corrected chi connectivity index (χ4v) is 2.80. The molecule has 1 aromatic carbocycles. The van der Waals surface area contributed by atoms with E-state index in [4.69, 9.17) is 6.42 Å². The lowest BCUT2D eigenvalue weighted by molar-refractivity contribution is 0.916. The van der Waals surface area contributed by atoms with Crippen LogP contribution in [0.5, 0.6) is 0 Å². The Balaban J connectivity index is 2.21. The molecule has 1 fully saturated rings. The highest BCUT2D eigenvalue weighted by atomic mass is 32.1. The van der Waals surface area contributed by atoms with Gasteiger partial charge < -0.3 is 0 Å². The number of fused-ring (bicyclic) bond motifs is 1. The van der Waals surface area contributed by atoms with Gasteiger partial charge in [0.25, 0.3) is 0 Å². The van der Waals surface area contributed by atoms with E-state index in [0.29, 0.717) is 0 Å². The number of para-hydroxylation sites is 1. The van der Waals surface area contributed by atoms with Crippen LogP contribution in [0.2, 0.25) is 0 Å². The highest BCUT2D eigenvalue weighted by Crippen LogP contribution is 2.49. The van der Waals surface area contributed by atoms with Crippen molar-refractivity contribution in [1.82, 2.24) is 4.98 Å². The van der Waals surface area contributed by atoms with E-state index in [0.717, 1.165) is 23.4 Å². The molecule has 1 aliphatic carbocycles. The lowest BCUT2D eigenvalue weighted by atomic mass is 10.1. The highest BCUT2D eigenvalue weighted by molar-refractivity contribution is 7.18. The van der Waals surface area contributed by atoms with Crippen LogP contribution in [-0.4, -0.2) is 4.98 Å². The van der Waals surface area contributed by atoms with E-state index in [1.54, 1.807) is 11.3 Å². The monoisotopic (exact) mass is 199 g/mol. The second-order valence-corrected chi connectivity index (χ2v) is 4.74. The molecule has 0 saturated heterocycles. The summed E-state index contributed by atoms with van der Waals surface area (Å²) in [4.78, 5) is 4.59. The number of nitrogens with zero attached hydrogens (tertiary/aromatic N) is 1. The first-order valence-corrected chi connectivity index (χ1v) is 5.50. The lowest BCUT2D eigenvalue weighted by Crippen LogP contribution is -2.00. The van der Waals surface area contributed by atoms with Crippen LogP contribution in [0.15, 0.2) is 24.3 Å². The Morgan fingerprint density at radius 2 is 2.14 bits per heavy atom. The lowest BCUT2D eigenvalue weighted by Gasteiger charge is -1.99. The second-order valence-electron chi connectivity index (χ2n) is 3.71. The van der Waals surface area contributed by atoms with E-state index >= 15 is 0 Å². The normalized spacial score (nSPS) is 17.9. The first kappa shape index (κ1) is 8.02. The van der Waals surface area contributed by atoms with Crippen LogP contribution in [-0.2, 0) is 5.41 Å². The molecule has 0 N–H and O–H groups in total. The predicted octanol–water partition coefficient (Wildman–Crippen LogP) is 2.96. The quantitative estimate of drug-likeness (QED) is 0.643. The van der Waals surface area contributed by atoms with Gasteiger partial charge in [-0.1, -0.05) is 18.1 Å². The van der Waals surface area contributed by atoms with Crippen molar-refractivity contribution in [3.05, 3.63) is 29.3 Å². The third-order valence-electron chi connectivity index (χ3n) is 2.73. The van der Waals surface area contributed by atoms with E-state index in [-0.39, 0.29) is 5.41 Å². The smallest absolute Gasteiger partial charge is 0.112 e. The number of terminal acetylenes is 1. The van der Waals surface area contributed by atoms with Gasteiger partial charge in [0.05, 0.1) is 15.6 Å². The van der Waals surface area contributed by atoms with Crippen molar-refractivity contribution in [2.75, 3.05) is 0 Å². The molecule has 0 atom stereocenters. The fraction of sp³-hybridized carbons (Fsp3) is 0.250. The van der Waals surface area contributed by atoms with Gasteiger partial charge in [0, 0.05) is 0 Å². The van der Waals surface area contributed by atoms with Crippen molar-refractivity contribution in [3.8, 4) is 12.3 Å². The van der Waals surface area contributed by atoms with Gasteiger partial charge >= 0.3 is 0 Å². The molecule has 1 nitrogen and oxygen atoms in total. The molecule has 0 amide bonds. The summed E-state index contributed by atoms with van der Waals surface area (Å²) in [5, 5.41) is 1.13. The minimum Gasteiger partial charge on any atom is -0.240 e.